The van der Waals surface area contributed by atoms with Gasteiger partial charge in [0.05, 0.1) is 6.42 Å². The molecule has 38 heavy (non-hydrogen) atoms. The van der Waals surface area contributed by atoms with Crippen LogP contribution in [0.15, 0.2) is 64.3 Å². The molecule has 2 aliphatic rings. The van der Waals surface area contributed by atoms with Gasteiger partial charge in [-0.3, -0.25) is 23.9 Å². The highest BCUT2D eigenvalue weighted by atomic mass is 32.2. The van der Waals surface area contributed by atoms with Gasteiger partial charge in [0.1, 0.15) is 29.4 Å². The van der Waals surface area contributed by atoms with Crippen molar-refractivity contribution in [2.24, 2.45) is 0 Å². The maximum atomic E-state index is 12.9. The fourth-order valence-electron chi connectivity index (χ4n) is 4.22. The first-order valence-corrected chi connectivity index (χ1v) is 14.3. The highest BCUT2D eigenvalue weighted by Gasteiger charge is 2.54. The van der Waals surface area contributed by atoms with Gasteiger partial charge >= 0.3 is 11.9 Å². The highest BCUT2D eigenvalue weighted by Crippen LogP contribution is 2.41. The van der Waals surface area contributed by atoms with Crippen molar-refractivity contribution in [1.29, 1.82) is 0 Å². The SMILES string of the molecule is O=C(O)Cc1nnc(SCC2=C(C(=O)O)N3C(=O)C(NC(=O)Cc4cccs4)[C@@H]3SC2)n1-c1ccccc1. The number of carbonyl (C=O) groups excluding carboxylic acids is 2. The molecule has 2 amide bonds. The lowest BCUT2D eigenvalue weighted by molar-refractivity contribution is -0.150. The summed E-state index contributed by atoms with van der Waals surface area (Å²) in [6.07, 6.45) is -0.167. The first-order valence-electron chi connectivity index (χ1n) is 11.4. The van der Waals surface area contributed by atoms with Gasteiger partial charge in [0, 0.05) is 22.1 Å². The van der Waals surface area contributed by atoms with E-state index in [1.807, 2.05) is 35.7 Å². The molecule has 2 atom stereocenters. The van der Waals surface area contributed by atoms with Gasteiger partial charge in [-0.15, -0.1) is 33.3 Å². The molecular formula is C24H21N5O6S3. The Bertz CT molecular complexity index is 1420. The zero-order chi connectivity index (χ0) is 26.8. The third kappa shape index (κ3) is 5.19. The van der Waals surface area contributed by atoms with Crippen molar-refractivity contribution in [2.75, 3.05) is 11.5 Å². The van der Waals surface area contributed by atoms with Gasteiger partial charge in [0.15, 0.2) is 5.16 Å². The number of para-hydroxylation sites is 1. The van der Waals surface area contributed by atoms with Crippen LogP contribution in [0, 0.1) is 0 Å². The number of carboxylic acid groups (broad SMARTS) is 2. The number of benzene rings is 1. The van der Waals surface area contributed by atoms with Crippen LogP contribution in [0.2, 0.25) is 0 Å². The molecule has 0 saturated carbocycles. The van der Waals surface area contributed by atoms with E-state index in [0.717, 1.165) is 4.88 Å². The van der Waals surface area contributed by atoms with Gasteiger partial charge in [0.2, 0.25) is 5.91 Å². The number of aromatic nitrogens is 3. The maximum Gasteiger partial charge on any atom is 0.352 e. The first kappa shape index (κ1) is 26.0. The molecule has 1 unspecified atom stereocenters. The van der Waals surface area contributed by atoms with Crippen LogP contribution in [0.4, 0.5) is 0 Å². The van der Waals surface area contributed by atoms with Crippen LogP contribution in [0.3, 0.4) is 0 Å². The predicted molar refractivity (Wildman–Crippen MR) is 141 cm³/mol. The Kier molecular flexibility index (Phi) is 7.53. The third-order valence-corrected chi connectivity index (χ3v) is 9.11. The largest absolute Gasteiger partial charge is 0.481 e. The quantitative estimate of drug-likeness (QED) is 0.243. The van der Waals surface area contributed by atoms with E-state index in [-0.39, 0.29) is 36.0 Å². The minimum atomic E-state index is -1.22. The molecule has 14 heteroatoms. The number of thioether (sulfide) groups is 2. The second-order valence-electron chi connectivity index (χ2n) is 8.40. The van der Waals surface area contributed by atoms with E-state index in [1.54, 1.807) is 16.7 Å². The van der Waals surface area contributed by atoms with Crippen LogP contribution in [-0.4, -0.2) is 76.6 Å². The number of rotatable bonds is 10. The minimum absolute atomic E-state index is 0.0912. The fraction of sp³-hybridized carbons (Fsp3) is 0.250. The van der Waals surface area contributed by atoms with Crippen molar-refractivity contribution in [2.45, 2.75) is 29.4 Å². The molecule has 1 saturated heterocycles. The number of carboxylic acids is 2. The van der Waals surface area contributed by atoms with Crippen molar-refractivity contribution in [3.63, 3.8) is 0 Å². The summed E-state index contributed by atoms with van der Waals surface area (Å²) in [7, 11) is 0. The lowest BCUT2D eigenvalue weighted by Gasteiger charge is -2.49. The normalized spacial score (nSPS) is 18.6. The van der Waals surface area contributed by atoms with E-state index < -0.39 is 29.3 Å². The predicted octanol–water partition coefficient (Wildman–Crippen LogP) is 2.03. The number of nitrogens with one attached hydrogen (secondary N) is 1. The standard InChI is InChI=1S/C24H21N5O6S3/c30-17(9-15-7-4-8-36-15)25-19-21(33)29-20(23(34)35)13(11-37-22(19)29)12-38-24-27-26-16(10-18(31)32)28(24)14-5-2-1-3-6-14/h1-8,19,22H,9-12H2,(H,25,30)(H,31,32)(H,34,35)/t19?,22-/m0/s1. The molecule has 1 aromatic carbocycles. The molecule has 0 radical (unpaired) electrons. The van der Waals surface area contributed by atoms with E-state index >= 15 is 0 Å². The number of carbonyl (C=O) groups is 4. The zero-order valence-electron chi connectivity index (χ0n) is 19.6. The second-order valence-corrected chi connectivity index (χ2v) is 11.5. The fourth-order valence-corrected chi connectivity index (χ4v) is 7.38. The van der Waals surface area contributed by atoms with Crippen molar-refractivity contribution < 1.29 is 29.4 Å². The van der Waals surface area contributed by atoms with E-state index in [2.05, 4.69) is 15.5 Å². The Morgan fingerprint density at radius 1 is 1.08 bits per heavy atom. The molecule has 4 heterocycles. The van der Waals surface area contributed by atoms with E-state index in [9.17, 15) is 29.4 Å². The zero-order valence-corrected chi connectivity index (χ0v) is 22.1. The summed E-state index contributed by atoms with van der Waals surface area (Å²) >= 11 is 4.06. The molecule has 0 spiro atoms. The van der Waals surface area contributed by atoms with Crippen molar-refractivity contribution in [3.8, 4) is 5.69 Å². The Hall–Kier alpha value is -3.62. The summed E-state index contributed by atoms with van der Waals surface area (Å²) in [4.78, 5) is 51.0. The van der Waals surface area contributed by atoms with Crippen molar-refractivity contribution in [1.82, 2.24) is 25.0 Å². The Labute approximate surface area is 228 Å². The molecule has 3 N–H and O–H groups in total. The maximum absolute atomic E-state index is 12.9. The van der Waals surface area contributed by atoms with Crippen molar-refractivity contribution in [3.05, 3.63) is 69.8 Å². The van der Waals surface area contributed by atoms with Crippen molar-refractivity contribution >= 4 is 58.6 Å². The van der Waals surface area contributed by atoms with Gasteiger partial charge in [-0.25, -0.2) is 4.79 Å². The molecule has 3 aromatic rings. The van der Waals surface area contributed by atoms with E-state index in [4.69, 9.17) is 0 Å². The average Bonchev–Trinajstić information content (AvgIpc) is 3.55. The number of aliphatic carboxylic acids is 2. The first-order chi connectivity index (χ1) is 18.3. The summed E-state index contributed by atoms with van der Waals surface area (Å²) < 4.78 is 1.63. The number of fused-ring (bicyclic) bond motifs is 1. The molecular weight excluding hydrogens is 550 g/mol. The van der Waals surface area contributed by atoms with Crippen LogP contribution in [0.1, 0.15) is 10.7 Å². The summed E-state index contributed by atoms with van der Waals surface area (Å²) in [6, 6.07) is 12.0. The van der Waals surface area contributed by atoms with Crippen LogP contribution in [-0.2, 0) is 32.0 Å². The summed E-state index contributed by atoms with van der Waals surface area (Å²) in [5.74, 6) is -2.22. The number of hydrogen-bond donors (Lipinski definition) is 3. The lowest BCUT2D eigenvalue weighted by atomic mass is 10.0. The summed E-state index contributed by atoms with van der Waals surface area (Å²) in [5.41, 5.74) is 1.12. The second kappa shape index (κ2) is 11.0. The minimum Gasteiger partial charge on any atom is -0.481 e. The number of thiophene rings is 1. The molecule has 5 rings (SSSR count). The van der Waals surface area contributed by atoms with Crippen LogP contribution < -0.4 is 5.32 Å². The lowest BCUT2D eigenvalue weighted by Crippen LogP contribution is -2.70. The molecule has 0 aliphatic carbocycles. The molecule has 2 aliphatic heterocycles. The molecule has 1 fully saturated rings. The number of amides is 2. The van der Waals surface area contributed by atoms with Crippen LogP contribution in [0.5, 0.6) is 0 Å². The molecule has 0 bridgehead atoms. The number of hydrogen-bond acceptors (Lipinski definition) is 9. The Balaban J connectivity index is 1.33. The monoisotopic (exact) mass is 571 g/mol. The van der Waals surface area contributed by atoms with Gasteiger partial charge in [0.25, 0.3) is 5.91 Å². The van der Waals surface area contributed by atoms with E-state index in [0.29, 0.717) is 22.2 Å². The van der Waals surface area contributed by atoms with Gasteiger partial charge in [-0.2, -0.15) is 0 Å². The Morgan fingerprint density at radius 3 is 2.55 bits per heavy atom. The number of β-lactam (4-membered cyclic amide) rings is 1. The van der Waals surface area contributed by atoms with Gasteiger partial charge in [-0.1, -0.05) is 36.0 Å². The smallest absolute Gasteiger partial charge is 0.352 e. The third-order valence-electron chi connectivity index (χ3n) is 5.88. The number of nitrogens with zero attached hydrogens (tertiary/aromatic N) is 4. The summed E-state index contributed by atoms with van der Waals surface area (Å²) in [6.45, 7) is 0. The average molecular weight is 572 g/mol. The molecule has 2 aromatic heterocycles. The van der Waals surface area contributed by atoms with Gasteiger partial charge in [-0.05, 0) is 29.2 Å². The molecule has 196 valence electrons. The highest BCUT2D eigenvalue weighted by molar-refractivity contribution is 8.01. The van der Waals surface area contributed by atoms with Gasteiger partial charge < -0.3 is 15.5 Å². The Morgan fingerprint density at radius 2 is 1.87 bits per heavy atom. The van der Waals surface area contributed by atoms with E-state index in [1.165, 1.54) is 39.8 Å². The van der Waals surface area contributed by atoms with Crippen LogP contribution in [0.25, 0.3) is 5.69 Å². The summed E-state index contributed by atoms with van der Waals surface area (Å²) in [5, 5.41) is 31.9. The van der Waals surface area contributed by atoms with Crippen LogP contribution >= 0.6 is 34.9 Å². The topological polar surface area (TPSA) is 155 Å². The molecule has 11 nitrogen and oxygen atoms in total.